The van der Waals surface area contributed by atoms with Gasteiger partial charge in [-0.05, 0) is 6.92 Å². The first-order chi connectivity index (χ1) is 7.02. The lowest BCUT2D eigenvalue weighted by Crippen LogP contribution is -2.37. The van der Waals surface area contributed by atoms with Crippen LogP contribution in [0.25, 0.3) is 4.85 Å². The molecule has 82 valence electrons. The monoisotopic (exact) mass is 229 g/mol. The van der Waals surface area contributed by atoms with Crippen molar-refractivity contribution in [3.63, 3.8) is 0 Å². The summed E-state index contributed by atoms with van der Waals surface area (Å²) in [7, 11) is 1.19. The zero-order valence-corrected chi connectivity index (χ0v) is 9.37. The Kier molecular flexibility index (Phi) is 5.65. The average Bonchev–Trinajstić information content (AvgIpc) is 2.22. The molecule has 4 nitrogen and oxygen atoms in total. The van der Waals surface area contributed by atoms with E-state index in [1.54, 1.807) is 0 Å². The van der Waals surface area contributed by atoms with Crippen molar-refractivity contribution >= 4 is 23.4 Å². The van der Waals surface area contributed by atoms with Crippen LogP contribution in [0.4, 0.5) is 0 Å². The number of hydrogen-bond donors (Lipinski definition) is 0. The van der Waals surface area contributed by atoms with Crippen molar-refractivity contribution in [3.05, 3.63) is 23.0 Å². The van der Waals surface area contributed by atoms with Crippen LogP contribution in [-0.2, 0) is 14.3 Å². The van der Waals surface area contributed by atoms with E-state index in [2.05, 4.69) is 9.58 Å². The van der Waals surface area contributed by atoms with Gasteiger partial charge in [0, 0.05) is 5.54 Å². The van der Waals surface area contributed by atoms with E-state index in [1.165, 1.54) is 25.6 Å². The molecule has 0 fully saturated rings. The predicted octanol–water partition coefficient (Wildman–Crippen LogP) is 1.94. The minimum atomic E-state index is -1.47. The Morgan fingerprint density at radius 3 is 2.53 bits per heavy atom. The fourth-order valence-corrected chi connectivity index (χ4v) is 1.29. The third kappa shape index (κ3) is 3.72. The first kappa shape index (κ1) is 13.7. The molecule has 0 radical (unpaired) electrons. The number of ketones is 1. The van der Waals surface area contributed by atoms with Crippen LogP contribution in [-0.4, -0.2) is 24.4 Å². The van der Waals surface area contributed by atoms with E-state index in [0.717, 1.165) is 0 Å². The van der Waals surface area contributed by atoms with Crippen molar-refractivity contribution in [1.29, 1.82) is 0 Å². The molecule has 0 aliphatic heterocycles. The van der Waals surface area contributed by atoms with Gasteiger partial charge in [0.05, 0.1) is 20.0 Å². The Hall–Kier alpha value is -1.34. The fraction of sp³-hybridized carbons (Fsp3) is 0.500. The van der Waals surface area contributed by atoms with Crippen molar-refractivity contribution in [1.82, 2.24) is 0 Å². The largest absolute Gasteiger partial charge is 0.463 e. The van der Waals surface area contributed by atoms with Crippen LogP contribution in [0.2, 0.25) is 0 Å². The van der Waals surface area contributed by atoms with Crippen molar-refractivity contribution in [3.8, 4) is 0 Å². The standard InChI is InChI=1S/C10H12ClNO3/c1-8(13)7-10(12-2,5-4-6-11)9(14)15-3/h4,6H,5,7H2,1,3H3/t10-/m1/s1. The first-order valence-electron chi connectivity index (χ1n) is 4.24. The molecule has 0 rings (SSSR count). The van der Waals surface area contributed by atoms with E-state index < -0.39 is 11.5 Å². The maximum Gasteiger partial charge on any atom is 0.393 e. The summed E-state index contributed by atoms with van der Waals surface area (Å²) in [4.78, 5) is 25.6. The molecule has 0 aliphatic carbocycles. The van der Waals surface area contributed by atoms with Crippen LogP contribution < -0.4 is 0 Å². The van der Waals surface area contributed by atoms with E-state index in [-0.39, 0.29) is 18.6 Å². The second-order valence-electron chi connectivity index (χ2n) is 3.08. The third-order valence-electron chi connectivity index (χ3n) is 1.87. The molecule has 5 heteroatoms. The van der Waals surface area contributed by atoms with Gasteiger partial charge in [-0.2, -0.15) is 0 Å². The van der Waals surface area contributed by atoms with Gasteiger partial charge in [0.25, 0.3) is 0 Å². The maximum absolute atomic E-state index is 11.4. The third-order valence-corrected chi connectivity index (χ3v) is 2.04. The number of Topliss-reactive ketones (excluding diaryl/α,β-unsaturated/α-hetero) is 1. The van der Waals surface area contributed by atoms with Gasteiger partial charge in [0.1, 0.15) is 5.78 Å². The SMILES string of the molecule is [C-]#[N+][C@](CC=CCl)(CC(C)=O)C(=O)OC. The number of hydrogen-bond acceptors (Lipinski definition) is 3. The summed E-state index contributed by atoms with van der Waals surface area (Å²) in [5.41, 5.74) is -0.255. The number of carbonyl (C=O) groups is 2. The summed E-state index contributed by atoms with van der Waals surface area (Å²) in [5.74, 6) is -0.943. The van der Waals surface area contributed by atoms with Crippen molar-refractivity contribution < 1.29 is 14.3 Å². The molecule has 0 unspecified atom stereocenters. The van der Waals surface area contributed by atoms with Crippen LogP contribution in [0.5, 0.6) is 0 Å². The van der Waals surface area contributed by atoms with Crippen LogP contribution in [0.3, 0.4) is 0 Å². The highest BCUT2D eigenvalue weighted by atomic mass is 35.5. The van der Waals surface area contributed by atoms with Gasteiger partial charge in [-0.3, -0.25) is 9.64 Å². The van der Waals surface area contributed by atoms with Gasteiger partial charge in [0.2, 0.25) is 0 Å². The van der Waals surface area contributed by atoms with E-state index in [1.807, 2.05) is 0 Å². The van der Waals surface area contributed by atoms with E-state index in [9.17, 15) is 9.59 Å². The number of methoxy groups -OCH3 is 1. The van der Waals surface area contributed by atoms with Crippen LogP contribution >= 0.6 is 11.6 Å². The van der Waals surface area contributed by atoms with Gasteiger partial charge in [-0.1, -0.05) is 17.7 Å². The molecule has 0 bridgehead atoms. The summed E-state index contributed by atoms with van der Waals surface area (Å²) in [6.45, 7) is 8.34. The number of halogens is 1. The zero-order chi connectivity index (χ0) is 11.9. The topological polar surface area (TPSA) is 47.7 Å². The fourth-order valence-electron chi connectivity index (χ4n) is 1.20. The molecule has 0 N–H and O–H groups in total. The number of nitrogens with zero attached hydrogens (tertiary/aromatic N) is 1. The molecule has 0 heterocycles. The Morgan fingerprint density at radius 1 is 1.60 bits per heavy atom. The smallest absolute Gasteiger partial charge is 0.393 e. The maximum atomic E-state index is 11.4. The lowest BCUT2D eigenvalue weighted by atomic mass is 9.90. The van der Waals surface area contributed by atoms with Crippen molar-refractivity contribution in [2.75, 3.05) is 7.11 Å². The molecule has 0 aliphatic rings. The lowest BCUT2D eigenvalue weighted by Gasteiger charge is -2.15. The molecule has 1 atom stereocenters. The molecule has 0 saturated heterocycles. The van der Waals surface area contributed by atoms with Gasteiger partial charge in [-0.25, -0.2) is 11.4 Å². The van der Waals surface area contributed by atoms with Gasteiger partial charge < -0.3 is 4.74 Å². The zero-order valence-electron chi connectivity index (χ0n) is 8.62. The molecule has 0 spiro atoms. The molecule has 0 aromatic heterocycles. The minimum absolute atomic E-state index is 0.0756. The second-order valence-corrected chi connectivity index (χ2v) is 3.33. The molecular formula is C10H12ClNO3. The van der Waals surface area contributed by atoms with Gasteiger partial charge >= 0.3 is 11.5 Å². The Morgan fingerprint density at radius 2 is 2.20 bits per heavy atom. The molecular weight excluding hydrogens is 218 g/mol. The first-order valence-corrected chi connectivity index (χ1v) is 4.67. The molecule has 0 aromatic carbocycles. The predicted molar refractivity (Wildman–Crippen MR) is 56.3 cm³/mol. The number of rotatable bonds is 5. The molecule has 0 aromatic rings. The van der Waals surface area contributed by atoms with Crippen LogP contribution in [0, 0.1) is 6.57 Å². The van der Waals surface area contributed by atoms with E-state index in [0.29, 0.717) is 0 Å². The van der Waals surface area contributed by atoms with E-state index >= 15 is 0 Å². The summed E-state index contributed by atoms with van der Waals surface area (Å²) in [6, 6.07) is 0. The highest BCUT2D eigenvalue weighted by molar-refractivity contribution is 6.25. The summed E-state index contributed by atoms with van der Waals surface area (Å²) >= 11 is 5.33. The number of carbonyl (C=O) groups excluding carboxylic acids is 2. The Balaban J connectivity index is 5.02. The van der Waals surface area contributed by atoms with Gasteiger partial charge in [-0.15, -0.1) is 0 Å². The van der Waals surface area contributed by atoms with Gasteiger partial charge in [0.15, 0.2) is 0 Å². The summed E-state index contributed by atoms with van der Waals surface area (Å²) in [5, 5.41) is 0. The highest BCUT2D eigenvalue weighted by Crippen LogP contribution is 2.24. The Bertz CT molecular complexity index is 319. The average molecular weight is 230 g/mol. The summed E-state index contributed by atoms with van der Waals surface area (Å²) in [6.07, 6.45) is 1.37. The van der Waals surface area contributed by atoms with Crippen molar-refractivity contribution in [2.24, 2.45) is 0 Å². The van der Waals surface area contributed by atoms with Crippen LogP contribution in [0.1, 0.15) is 19.8 Å². The molecule has 0 amide bonds. The lowest BCUT2D eigenvalue weighted by molar-refractivity contribution is -0.146. The second kappa shape index (κ2) is 6.20. The highest BCUT2D eigenvalue weighted by Gasteiger charge is 2.47. The minimum Gasteiger partial charge on any atom is -0.463 e. The molecule has 15 heavy (non-hydrogen) atoms. The normalized spacial score (nSPS) is 14.3. The Labute approximate surface area is 93.7 Å². The van der Waals surface area contributed by atoms with Crippen molar-refractivity contribution in [2.45, 2.75) is 25.3 Å². The molecule has 0 saturated carbocycles. The quantitative estimate of drug-likeness (QED) is 0.535. The number of ether oxygens (including phenoxy) is 1. The summed E-state index contributed by atoms with van der Waals surface area (Å²) < 4.78 is 4.52. The van der Waals surface area contributed by atoms with E-state index in [4.69, 9.17) is 18.2 Å². The van der Waals surface area contributed by atoms with Crippen LogP contribution in [0.15, 0.2) is 11.6 Å². The number of esters is 1.